The molecule has 0 unspecified atom stereocenters. The smallest absolute Gasteiger partial charge is 0.305 e. The second-order valence-electron chi connectivity index (χ2n) is 5.79. The number of rotatable bonds is 4. The van der Waals surface area contributed by atoms with E-state index in [9.17, 15) is 14.7 Å². The predicted octanol–water partition coefficient (Wildman–Crippen LogP) is 2.42. The van der Waals surface area contributed by atoms with E-state index in [2.05, 4.69) is 0 Å². The van der Waals surface area contributed by atoms with E-state index in [0.29, 0.717) is 0 Å². The van der Waals surface area contributed by atoms with Crippen LogP contribution in [0.3, 0.4) is 0 Å². The number of phenolic OH excluding ortho intramolecular Hbond substituents is 1. The molecule has 0 aromatic heterocycles. The molecule has 0 fully saturated rings. The average molecular weight is 279 g/mol. The predicted molar refractivity (Wildman–Crippen MR) is 75.9 cm³/mol. The van der Waals surface area contributed by atoms with Crippen LogP contribution in [0.2, 0.25) is 0 Å². The van der Waals surface area contributed by atoms with Crippen molar-refractivity contribution in [1.82, 2.24) is 4.90 Å². The largest absolute Gasteiger partial charge is 0.507 e. The number of hydrogen-bond acceptors (Lipinski definition) is 3. The number of carbonyl (C=O) groups is 2. The third-order valence-electron chi connectivity index (χ3n) is 2.99. The molecule has 1 aromatic carbocycles. The van der Waals surface area contributed by atoms with Crippen LogP contribution in [0.1, 0.15) is 43.1 Å². The number of carboxylic acid groups (broad SMARTS) is 1. The molecule has 0 aliphatic carbocycles. The summed E-state index contributed by atoms with van der Waals surface area (Å²) in [5.41, 5.74) is 0.534. The number of nitrogens with zero attached hydrogens (tertiary/aromatic N) is 1. The minimum atomic E-state index is -0.958. The van der Waals surface area contributed by atoms with Crippen molar-refractivity contribution < 1.29 is 19.8 Å². The number of benzene rings is 1. The first-order valence-corrected chi connectivity index (χ1v) is 6.46. The van der Waals surface area contributed by atoms with Crippen LogP contribution in [0.25, 0.3) is 0 Å². The molecule has 0 bridgehead atoms. The Morgan fingerprint density at radius 1 is 1.25 bits per heavy atom. The summed E-state index contributed by atoms with van der Waals surface area (Å²) < 4.78 is 0. The second kappa shape index (κ2) is 5.94. The van der Waals surface area contributed by atoms with Gasteiger partial charge in [0.05, 0.1) is 12.0 Å². The Hall–Kier alpha value is -2.04. The van der Waals surface area contributed by atoms with Gasteiger partial charge in [0.15, 0.2) is 0 Å². The van der Waals surface area contributed by atoms with Gasteiger partial charge >= 0.3 is 5.97 Å². The Morgan fingerprint density at radius 2 is 1.85 bits per heavy atom. The molecule has 0 saturated heterocycles. The molecule has 0 aliphatic rings. The van der Waals surface area contributed by atoms with E-state index < -0.39 is 11.5 Å². The summed E-state index contributed by atoms with van der Waals surface area (Å²) in [5, 5.41) is 18.6. The molecule has 1 rings (SSSR count). The Labute approximate surface area is 118 Å². The van der Waals surface area contributed by atoms with E-state index in [1.54, 1.807) is 12.1 Å². The first-order valence-electron chi connectivity index (χ1n) is 6.46. The monoisotopic (exact) mass is 279 g/mol. The van der Waals surface area contributed by atoms with Crippen LogP contribution in [0.5, 0.6) is 5.75 Å². The van der Waals surface area contributed by atoms with Crippen molar-refractivity contribution in [2.45, 2.75) is 39.7 Å². The number of hydrogen-bond donors (Lipinski definition) is 2. The van der Waals surface area contributed by atoms with Gasteiger partial charge in [0.25, 0.3) is 5.91 Å². The van der Waals surface area contributed by atoms with Crippen LogP contribution in [0.15, 0.2) is 18.2 Å². The molecule has 0 aliphatic heterocycles. The van der Waals surface area contributed by atoms with Gasteiger partial charge in [-0.15, -0.1) is 0 Å². The van der Waals surface area contributed by atoms with Gasteiger partial charge in [-0.3, -0.25) is 9.59 Å². The highest BCUT2D eigenvalue weighted by atomic mass is 16.4. The van der Waals surface area contributed by atoms with E-state index in [1.165, 1.54) is 11.0 Å². The fraction of sp³-hybridized carbons (Fsp3) is 0.467. The molecule has 2 N–H and O–H groups in total. The molecule has 0 radical (unpaired) electrons. The lowest BCUT2D eigenvalue weighted by Crippen LogP contribution is -2.46. The number of carbonyl (C=O) groups excluding carboxylic acids is 1. The lowest BCUT2D eigenvalue weighted by atomic mass is 10.0. The number of aromatic hydroxyl groups is 1. The zero-order valence-corrected chi connectivity index (χ0v) is 12.3. The van der Waals surface area contributed by atoms with Crippen molar-refractivity contribution in [3.05, 3.63) is 29.3 Å². The minimum Gasteiger partial charge on any atom is -0.507 e. The zero-order valence-electron chi connectivity index (χ0n) is 12.3. The topological polar surface area (TPSA) is 77.8 Å². The van der Waals surface area contributed by atoms with Crippen LogP contribution in [0.4, 0.5) is 0 Å². The first kappa shape index (κ1) is 16.0. The minimum absolute atomic E-state index is 0.0924. The third-order valence-corrected chi connectivity index (χ3v) is 2.99. The Bertz CT molecular complexity index is 517. The Balaban J connectivity index is 3.10. The Kier molecular flexibility index (Phi) is 4.76. The summed E-state index contributed by atoms with van der Waals surface area (Å²) in [7, 11) is 0. The first-order chi connectivity index (χ1) is 9.12. The summed E-state index contributed by atoms with van der Waals surface area (Å²) in [4.78, 5) is 24.7. The molecule has 0 atom stereocenters. The molecule has 1 amide bonds. The Morgan fingerprint density at radius 3 is 2.35 bits per heavy atom. The van der Waals surface area contributed by atoms with Crippen LogP contribution in [-0.4, -0.2) is 39.1 Å². The number of phenols is 1. The summed E-state index contributed by atoms with van der Waals surface area (Å²) in [6.45, 7) is 7.43. The standard InChI is InChI=1S/C15H21NO4/c1-10-5-6-12(17)11(9-10)14(20)16(15(2,3)4)8-7-13(18)19/h5-6,9,17H,7-8H2,1-4H3,(H,18,19). The quantitative estimate of drug-likeness (QED) is 0.887. The molecular weight excluding hydrogens is 258 g/mol. The maximum absolute atomic E-state index is 12.6. The van der Waals surface area contributed by atoms with Gasteiger partial charge in [-0.05, 0) is 39.8 Å². The van der Waals surface area contributed by atoms with Crippen LogP contribution < -0.4 is 0 Å². The van der Waals surface area contributed by atoms with Crippen LogP contribution >= 0.6 is 0 Å². The normalized spacial score (nSPS) is 11.2. The lowest BCUT2D eigenvalue weighted by molar-refractivity contribution is -0.137. The summed E-state index contributed by atoms with van der Waals surface area (Å²) >= 11 is 0. The van der Waals surface area contributed by atoms with Gasteiger partial charge in [-0.1, -0.05) is 11.6 Å². The van der Waals surface area contributed by atoms with Crippen molar-refractivity contribution in [1.29, 1.82) is 0 Å². The maximum atomic E-state index is 12.6. The van der Waals surface area contributed by atoms with E-state index >= 15 is 0 Å². The number of carboxylic acids is 1. The SMILES string of the molecule is Cc1ccc(O)c(C(=O)N(CCC(=O)O)C(C)(C)C)c1. The van der Waals surface area contributed by atoms with Crippen LogP contribution in [0, 0.1) is 6.92 Å². The van der Waals surface area contributed by atoms with Crippen molar-refractivity contribution in [3.8, 4) is 5.75 Å². The van der Waals surface area contributed by atoms with Gasteiger partial charge in [0, 0.05) is 12.1 Å². The second-order valence-corrected chi connectivity index (χ2v) is 5.79. The molecule has 0 saturated carbocycles. The molecule has 1 aromatic rings. The highest BCUT2D eigenvalue weighted by Crippen LogP contribution is 2.24. The molecule has 0 heterocycles. The van der Waals surface area contributed by atoms with Crippen molar-refractivity contribution in [2.24, 2.45) is 0 Å². The summed E-state index contributed by atoms with van der Waals surface area (Å²) in [6, 6.07) is 4.79. The fourth-order valence-corrected chi connectivity index (χ4v) is 1.92. The van der Waals surface area contributed by atoms with E-state index in [4.69, 9.17) is 5.11 Å². The highest BCUT2D eigenvalue weighted by molar-refractivity contribution is 5.97. The maximum Gasteiger partial charge on any atom is 0.305 e. The lowest BCUT2D eigenvalue weighted by Gasteiger charge is -2.35. The average Bonchev–Trinajstić information content (AvgIpc) is 2.30. The number of aliphatic carboxylic acids is 1. The highest BCUT2D eigenvalue weighted by Gasteiger charge is 2.29. The fourth-order valence-electron chi connectivity index (χ4n) is 1.92. The van der Waals surface area contributed by atoms with Crippen molar-refractivity contribution in [2.75, 3.05) is 6.54 Å². The number of amides is 1. The summed E-state index contributed by atoms with van der Waals surface area (Å²) in [5.74, 6) is -1.41. The van der Waals surface area contributed by atoms with Crippen molar-refractivity contribution >= 4 is 11.9 Å². The summed E-state index contributed by atoms with van der Waals surface area (Å²) in [6.07, 6.45) is -0.129. The molecule has 20 heavy (non-hydrogen) atoms. The van der Waals surface area contributed by atoms with Gasteiger partial charge < -0.3 is 15.1 Å². The van der Waals surface area contributed by atoms with E-state index in [1.807, 2.05) is 27.7 Å². The van der Waals surface area contributed by atoms with Gasteiger partial charge in [0.1, 0.15) is 5.75 Å². The van der Waals surface area contributed by atoms with Gasteiger partial charge in [0.2, 0.25) is 0 Å². The van der Waals surface area contributed by atoms with E-state index in [0.717, 1.165) is 5.56 Å². The molecule has 5 nitrogen and oxygen atoms in total. The van der Waals surface area contributed by atoms with Crippen molar-refractivity contribution in [3.63, 3.8) is 0 Å². The molecular formula is C15H21NO4. The molecule has 5 heteroatoms. The van der Waals surface area contributed by atoms with Gasteiger partial charge in [-0.2, -0.15) is 0 Å². The molecule has 110 valence electrons. The third kappa shape index (κ3) is 3.98. The number of aryl methyl sites for hydroxylation is 1. The zero-order chi connectivity index (χ0) is 15.5. The van der Waals surface area contributed by atoms with Gasteiger partial charge in [-0.25, -0.2) is 0 Å². The molecule has 0 spiro atoms. The van der Waals surface area contributed by atoms with Crippen LogP contribution in [-0.2, 0) is 4.79 Å². The van der Waals surface area contributed by atoms with E-state index in [-0.39, 0.29) is 30.2 Å².